The molecule has 1 saturated heterocycles. The van der Waals surface area contributed by atoms with Crippen molar-refractivity contribution in [2.24, 2.45) is 0 Å². The third-order valence-electron chi connectivity index (χ3n) is 2.61. The number of hydrogen-bond acceptors (Lipinski definition) is 4. The number of nitrogens with one attached hydrogen (secondary N) is 1. The van der Waals surface area contributed by atoms with E-state index in [4.69, 9.17) is 23.2 Å². The standard InChI is InChI=1S/C11H9Cl2N3OS/c12-8-3-7(4-9(13)15-8)10(17)16-11(5-14)1-2-18-6-11/h3-4H,1-2,6H2,(H,16,17). The second-order valence-corrected chi connectivity index (χ2v) is 5.83. The molecule has 7 heteroatoms. The lowest BCUT2D eigenvalue weighted by Gasteiger charge is -2.21. The monoisotopic (exact) mass is 301 g/mol. The van der Waals surface area contributed by atoms with Gasteiger partial charge in [0.15, 0.2) is 0 Å². The summed E-state index contributed by atoms with van der Waals surface area (Å²) in [6.07, 6.45) is 0.645. The van der Waals surface area contributed by atoms with E-state index in [1.54, 1.807) is 11.8 Å². The lowest BCUT2D eigenvalue weighted by atomic mass is 10.0. The lowest BCUT2D eigenvalue weighted by Crippen LogP contribution is -2.47. The van der Waals surface area contributed by atoms with E-state index in [-0.39, 0.29) is 16.2 Å². The summed E-state index contributed by atoms with van der Waals surface area (Å²) in [6.45, 7) is 0. The highest BCUT2D eigenvalue weighted by molar-refractivity contribution is 7.99. The van der Waals surface area contributed by atoms with Gasteiger partial charge in [-0.3, -0.25) is 4.79 Å². The van der Waals surface area contributed by atoms with Gasteiger partial charge in [-0.1, -0.05) is 23.2 Å². The molecular weight excluding hydrogens is 293 g/mol. The van der Waals surface area contributed by atoms with Crippen LogP contribution in [0, 0.1) is 11.3 Å². The van der Waals surface area contributed by atoms with Crippen molar-refractivity contribution in [2.45, 2.75) is 12.0 Å². The second kappa shape index (κ2) is 5.35. The molecule has 0 spiro atoms. The topological polar surface area (TPSA) is 65.8 Å². The van der Waals surface area contributed by atoms with Crippen molar-refractivity contribution in [1.82, 2.24) is 10.3 Å². The number of rotatable bonds is 2. The first-order valence-electron chi connectivity index (χ1n) is 5.19. The first-order chi connectivity index (χ1) is 8.54. The van der Waals surface area contributed by atoms with Crippen LogP contribution in [0.1, 0.15) is 16.8 Å². The van der Waals surface area contributed by atoms with E-state index in [0.717, 1.165) is 5.75 Å². The number of nitriles is 1. The van der Waals surface area contributed by atoms with E-state index < -0.39 is 5.54 Å². The first kappa shape index (κ1) is 13.5. The van der Waals surface area contributed by atoms with Crippen molar-refractivity contribution in [2.75, 3.05) is 11.5 Å². The van der Waals surface area contributed by atoms with E-state index in [0.29, 0.717) is 17.7 Å². The fourth-order valence-corrected chi connectivity index (χ4v) is 3.39. The minimum atomic E-state index is -0.788. The molecule has 1 aliphatic heterocycles. The maximum atomic E-state index is 12.1. The number of hydrogen-bond donors (Lipinski definition) is 1. The average molecular weight is 302 g/mol. The highest BCUT2D eigenvalue weighted by Gasteiger charge is 2.36. The summed E-state index contributed by atoms with van der Waals surface area (Å²) in [5, 5.41) is 12.2. The SMILES string of the molecule is N#CC1(NC(=O)c2cc(Cl)nc(Cl)c2)CCSC1. The molecule has 0 aromatic carbocycles. The molecule has 4 nitrogen and oxygen atoms in total. The van der Waals surface area contributed by atoms with Crippen LogP contribution in [0.3, 0.4) is 0 Å². The largest absolute Gasteiger partial charge is 0.333 e. The molecule has 0 radical (unpaired) electrons. The third kappa shape index (κ3) is 2.89. The number of carbonyl (C=O) groups is 1. The van der Waals surface area contributed by atoms with Gasteiger partial charge in [0.05, 0.1) is 6.07 Å². The maximum Gasteiger partial charge on any atom is 0.252 e. The van der Waals surface area contributed by atoms with Gasteiger partial charge in [-0.25, -0.2) is 4.98 Å². The summed E-state index contributed by atoms with van der Waals surface area (Å²) >= 11 is 13.1. The molecule has 1 amide bonds. The van der Waals surface area contributed by atoms with E-state index in [2.05, 4.69) is 16.4 Å². The number of thioether (sulfide) groups is 1. The molecule has 1 aromatic heterocycles. The van der Waals surface area contributed by atoms with Crippen LogP contribution < -0.4 is 5.32 Å². The van der Waals surface area contributed by atoms with Gasteiger partial charge in [0.2, 0.25) is 0 Å². The van der Waals surface area contributed by atoms with E-state index >= 15 is 0 Å². The molecule has 0 saturated carbocycles. The Bertz CT molecular complexity index is 503. The molecule has 0 bridgehead atoms. The zero-order valence-electron chi connectivity index (χ0n) is 9.24. The average Bonchev–Trinajstić information content (AvgIpc) is 2.77. The minimum absolute atomic E-state index is 0.152. The predicted molar refractivity (Wildman–Crippen MR) is 72.0 cm³/mol. The Labute approximate surface area is 119 Å². The van der Waals surface area contributed by atoms with Crippen LogP contribution in [0.5, 0.6) is 0 Å². The summed E-state index contributed by atoms with van der Waals surface area (Å²) in [7, 11) is 0. The van der Waals surface area contributed by atoms with Gasteiger partial charge in [0, 0.05) is 11.3 Å². The van der Waals surface area contributed by atoms with Gasteiger partial charge < -0.3 is 5.32 Å². The fraction of sp³-hybridized carbons (Fsp3) is 0.364. The Kier molecular flexibility index (Phi) is 4.00. The Morgan fingerprint density at radius 2 is 2.17 bits per heavy atom. The second-order valence-electron chi connectivity index (χ2n) is 3.95. The van der Waals surface area contributed by atoms with E-state index in [9.17, 15) is 10.1 Å². The van der Waals surface area contributed by atoms with Crippen LogP contribution in [0.25, 0.3) is 0 Å². The van der Waals surface area contributed by atoms with Gasteiger partial charge in [-0.05, 0) is 24.3 Å². The van der Waals surface area contributed by atoms with Crippen molar-refractivity contribution in [3.8, 4) is 6.07 Å². The Hall–Kier alpha value is -0.960. The number of aromatic nitrogens is 1. The zero-order valence-corrected chi connectivity index (χ0v) is 11.6. The minimum Gasteiger partial charge on any atom is -0.333 e. The zero-order chi connectivity index (χ0) is 13.2. The van der Waals surface area contributed by atoms with Gasteiger partial charge in [0.25, 0.3) is 5.91 Å². The number of halogens is 2. The molecule has 1 aliphatic rings. The molecule has 1 aromatic rings. The summed E-state index contributed by atoms with van der Waals surface area (Å²) in [6, 6.07) is 5.03. The quantitative estimate of drug-likeness (QED) is 0.853. The van der Waals surface area contributed by atoms with Gasteiger partial charge >= 0.3 is 0 Å². The van der Waals surface area contributed by atoms with Crippen LogP contribution in [0.2, 0.25) is 10.3 Å². The first-order valence-corrected chi connectivity index (χ1v) is 7.10. The van der Waals surface area contributed by atoms with Gasteiger partial charge in [-0.2, -0.15) is 17.0 Å². The predicted octanol–water partition coefficient (Wildman–Crippen LogP) is 2.52. The normalized spacial score (nSPS) is 22.5. The summed E-state index contributed by atoms with van der Waals surface area (Å²) < 4.78 is 0. The molecule has 1 unspecified atom stereocenters. The Balaban J connectivity index is 2.19. The van der Waals surface area contributed by atoms with Gasteiger partial charge in [0.1, 0.15) is 15.8 Å². The maximum absolute atomic E-state index is 12.1. The van der Waals surface area contributed by atoms with E-state index in [1.807, 2.05) is 0 Å². The van der Waals surface area contributed by atoms with Gasteiger partial charge in [-0.15, -0.1) is 0 Å². The van der Waals surface area contributed by atoms with Crippen LogP contribution in [0.15, 0.2) is 12.1 Å². The van der Waals surface area contributed by atoms with Crippen LogP contribution >= 0.6 is 35.0 Å². The lowest BCUT2D eigenvalue weighted by molar-refractivity contribution is 0.0926. The Morgan fingerprint density at radius 3 is 2.67 bits per heavy atom. The Morgan fingerprint density at radius 1 is 1.50 bits per heavy atom. The van der Waals surface area contributed by atoms with Crippen molar-refractivity contribution >= 4 is 40.9 Å². The number of nitrogens with zero attached hydrogens (tertiary/aromatic N) is 2. The summed E-state index contributed by atoms with van der Waals surface area (Å²) in [4.78, 5) is 15.8. The van der Waals surface area contributed by atoms with Crippen molar-refractivity contribution < 1.29 is 4.79 Å². The third-order valence-corrected chi connectivity index (χ3v) is 4.19. The van der Waals surface area contributed by atoms with Crippen LogP contribution in [0.4, 0.5) is 0 Å². The molecule has 2 rings (SSSR count). The molecule has 1 atom stereocenters. The van der Waals surface area contributed by atoms with Crippen LogP contribution in [-0.2, 0) is 0 Å². The van der Waals surface area contributed by atoms with E-state index in [1.165, 1.54) is 12.1 Å². The molecule has 1 N–H and O–H groups in total. The van der Waals surface area contributed by atoms with Crippen molar-refractivity contribution in [3.05, 3.63) is 28.0 Å². The molecule has 1 fully saturated rings. The number of pyridine rings is 1. The fourth-order valence-electron chi connectivity index (χ4n) is 1.67. The van der Waals surface area contributed by atoms with Crippen molar-refractivity contribution in [1.29, 1.82) is 5.26 Å². The smallest absolute Gasteiger partial charge is 0.252 e. The van der Waals surface area contributed by atoms with Crippen LogP contribution in [-0.4, -0.2) is 27.9 Å². The number of amides is 1. The number of carbonyl (C=O) groups excluding carboxylic acids is 1. The molecule has 2 heterocycles. The van der Waals surface area contributed by atoms with Crippen molar-refractivity contribution in [3.63, 3.8) is 0 Å². The molecular formula is C11H9Cl2N3OS. The molecule has 0 aliphatic carbocycles. The summed E-state index contributed by atoms with van der Waals surface area (Å²) in [5.41, 5.74) is -0.476. The molecule has 18 heavy (non-hydrogen) atoms. The molecule has 94 valence electrons. The highest BCUT2D eigenvalue weighted by atomic mass is 35.5. The highest BCUT2D eigenvalue weighted by Crippen LogP contribution is 2.27. The summed E-state index contributed by atoms with van der Waals surface area (Å²) in [5.74, 6) is 1.11.